The van der Waals surface area contributed by atoms with E-state index >= 15 is 0 Å². The van der Waals surface area contributed by atoms with Crippen LogP contribution in [0.3, 0.4) is 0 Å². The van der Waals surface area contributed by atoms with Gasteiger partial charge in [-0.25, -0.2) is 4.39 Å². The van der Waals surface area contributed by atoms with E-state index in [9.17, 15) is 4.39 Å². The van der Waals surface area contributed by atoms with Crippen LogP contribution >= 0.6 is 23.4 Å². The molecule has 0 bridgehead atoms. The molecule has 5 heteroatoms. The second-order valence-corrected chi connectivity index (χ2v) is 7.26. The van der Waals surface area contributed by atoms with Gasteiger partial charge >= 0.3 is 0 Å². The fraction of sp³-hybridized carbons (Fsp3) is 0.533. The summed E-state index contributed by atoms with van der Waals surface area (Å²) in [4.78, 5) is 4.84. The van der Waals surface area contributed by atoms with Crippen LogP contribution in [0.5, 0.6) is 0 Å². The molecule has 20 heavy (non-hydrogen) atoms. The molecule has 1 N–H and O–H groups in total. The normalized spacial score (nSPS) is 29.6. The maximum Gasteiger partial charge on any atom is 0.161 e. The SMILES string of the molecule is CC1CCC2(CC1)CSC(Nc1cc(Cl)ccc1F)=N2. The van der Waals surface area contributed by atoms with Crippen molar-refractivity contribution in [1.82, 2.24) is 0 Å². The molecule has 1 heterocycles. The topological polar surface area (TPSA) is 24.4 Å². The van der Waals surface area contributed by atoms with Crippen LogP contribution in [0, 0.1) is 11.7 Å². The monoisotopic (exact) mass is 312 g/mol. The number of nitrogens with zero attached hydrogens (tertiary/aromatic N) is 1. The lowest BCUT2D eigenvalue weighted by molar-refractivity contribution is 0.273. The van der Waals surface area contributed by atoms with E-state index in [1.54, 1.807) is 23.9 Å². The third kappa shape index (κ3) is 2.96. The fourth-order valence-electron chi connectivity index (χ4n) is 2.81. The number of halogens is 2. The Labute approximate surface area is 128 Å². The summed E-state index contributed by atoms with van der Waals surface area (Å²) in [7, 11) is 0. The van der Waals surface area contributed by atoms with Crippen molar-refractivity contribution >= 4 is 34.2 Å². The number of hydrogen-bond acceptors (Lipinski definition) is 3. The molecule has 1 spiro atoms. The van der Waals surface area contributed by atoms with E-state index < -0.39 is 0 Å². The summed E-state index contributed by atoms with van der Waals surface area (Å²) in [6.45, 7) is 2.30. The number of benzene rings is 1. The van der Waals surface area contributed by atoms with Crippen LogP contribution in [0.4, 0.5) is 10.1 Å². The van der Waals surface area contributed by atoms with Gasteiger partial charge in [-0.3, -0.25) is 4.99 Å². The first-order chi connectivity index (χ1) is 9.56. The van der Waals surface area contributed by atoms with Gasteiger partial charge < -0.3 is 5.32 Å². The van der Waals surface area contributed by atoms with E-state index in [0.717, 1.165) is 29.7 Å². The van der Waals surface area contributed by atoms with Gasteiger partial charge in [0.1, 0.15) is 5.82 Å². The first-order valence-electron chi connectivity index (χ1n) is 7.01. The number of rotatable bonds is 1. The third-order valence-electron chi connectivity index (χ3n) is 4.19. The van der Waals surface area contributed by atoms with E-state index in [1.165, 1.54) is 18.9 Å². The molecular weight excluding hydrogens is 295 g/mol. The Bertz CT molecular complexity index is 539. The minimum atomic E-state index is -0.295. The van der Waals surface area contributed by atoms with Crippen LogP contribution in [-0.2, 0) is 0 Å². The van der Waals surface area contributed by atoms with E-state index in [-0.39, 0.29) is 11.4 Å². The summed E-state index contributed by atoms with van der Waals surface area (Å²) in [6.07, 6.45) is 4.76. The fourth-order valence-corrected chi connectivity index (χ4v) is 4.18. The number of nitrogens with one attached hydrogen (secondary N) is 1. The molecule has 0 atom stereocenters. The molecule has 108 valence electrons. The average molecular weight is 313 g/mol. The summed E-state index contributed by atoms with van der Waals surface area (Å²) >= 11 is 7.59. The molecule has 0 radical (unpaired) electrons. The van der Waals surface area contributed by atoms with Crippen LogP contribution < -0.4 is 5.32 Å². The number of hydrogen-bond donors (Lipinski definition) is 1. The zero-order valence-electron chi connectivity index (χ0n) is 11.5. The molecule has 0 amide bonds. The zero-order chi connectivity index (χ0) is 14.2. The highest BCUT2D eigenvalue weighted by Gasteiger charge is 2.38. The van der Waals surface area contributed by atoms with Crippen molar-refractivity contribution < 1.29 is 4.39 Å². The average Bonchev–Trinajstić information content (AvgIpc) is 2.81. The van der Waals surface area contributed by atoms with Gasteiger partial charge in [-0.2, -0.15) is 0 Å². The number of anilines is 1. The Hall–Kier alpha value is -0.740. The molecule has 1 fully saturated rings. The minimum Gasteiger partial charge on any atom is -0.333 e. The quantitative estimate of drug-likeness (QED) is 0.794. The largest absolute Gasteiger partial charge is 0.333 e. The first-order valence-corrected chi connectivity index (χ1v) is 8.37. The maximum absolute atomic E-state index is 13.7. The van der Waals surface area contributed by atoms with E-state index in [0.29, 0.717) is 10.7 Å². The highest BCUT2D eigenvalue weighted by molar-refractivity contribution is 8.14. The Morgan fingerprint density at radius 2 is 2.15 bits per heavy atom. The highest BCUT2D eigenvalue weighted by atomic mass is 35.5. The minimum absolute atomic E-state index is 0.0779. The second-order valence-electron chi connectivity index (χ2n) is 5.86. The maximum atomic E-state index is 13.7. The Kier molecular flexibility index (Phi) is 3.95. The molecule has 0 aromatic heterocycles. The summed E-state index contributed by atoms with van der Waals surface area (Å²) in [5.74, 6) is 1.52. The number of amidine groups is 1. The van der Waals surface area contributed by atoms with Gasteiger partial charge in [0.2, 0.25) is 0 Å². The van der Waals surface area contributed by atoms with Gasteiger partial charge in [0, 0.05) is 10.8 Å². The first kappa shape index (κ1) is 14.2. The van der Waals surface area contributed by atoms with Crippen LogP contribution in [0.15, 0.2) is 23.2 Å². The Balaban J connectivity index is 1.74. The van der Waals surface area contributed by atoms with Crippen LogP contribution in [0.1, 0.15) is 32.6 Å². The molecule has 2 aliphatic rings. The molecule has 2 nitrogen and oxygen atoms in total. The van der Waals surface area contributed by atoms with Crippen molar-refractivity contribution in [2.45, 2.75) is 38.1 Å². The van der Waals surface area contributed by atoms with E-state index in [4.69, 9.17) is 16.6 Å². The summed E-state index contributed by atoms with van der Waals surface area (Å²) in [5, 5.41) is 4.43. The van der Waals surface area contributed by atoms with Crippen LogP contribution in [0.2, 0.25) is 5.02 Å². The molecule has 0 saturated heterocycles. The van der Waals surface area contributed by atoms with Gasteiger partial charge in [0.25, 0.3) is 0 Å². The molecule has 1 aromatic rings. The lowest BCUT2D eigenvalue weighted by Crippen LogP contribution is -2.32. The lowest BCUT2D eigenvalue weighted by atomic mass is 9.79. The number of thioether (sulfide) groups is 1. The molecule has 1 aliphatic carbocycles. The third-order valence-corrected chi connectivity index (χ3v) is 5.57. The molecule has 3 rings (SSSR count). The van der Waals surface area contributed by atoms with Gasteiger partial charge in [0.15, 0.2) is 5.17 Å². The Morgan fingerprint density at radius 3 is 2.90 bits per heavy atom. The predicted octanol–water partition coefficient (Wildman–Crippen LogP) is 4.94. The van der Waals surface area contributed by atoms with Gasteiger partial charge in [-0.15, -0.1) is 0 Å². The van der Waals surface area contributed by atoms with Crippen molar-refractivity contribution in [3.63, 3.8) is 0 Å². The van der Waals surface area contributed by atoms with Crippen molar-refractivity contribution in [3.8, 4) is 0 Å². The molecular formula is C15H18ClFN2S. The number of aliphatic imine (C=N–C) groups is 1. The summed E-state index contributed by atoms with van der Waals surface area (Å²) in [5.41, 5.74) is 0.485. The zero-order valence-corrected chi connectivity index (χ0v) is 13.0. The predicted molar refractivity (Wildman–Crippen MR) is 85.3 cm³/mol. The smallest absolute Gasteiger partial charge is 0.161 e. The summed E-state index contributed by atoms with van der Waals surface area (Å²) in [6, 6.07) is 4.53. The van der Waals surface area contributed by atoms with Crippen molar-refractivity contribution in [2.24, 2.45) is 10.9 Å². The molecule has 0 unspecified atom stereocenters. The van der Waals surface area contributed by atoms with E-state index in [1.807, 2.05) is 0 Å². The van der Waals surface area contributed by atoms with Gasteiger partial charge in [-0.05, 0) is 49.8 Å². The van der Waals surface area contributed by atoms with Crippen molar-refractivity contribution in [2.75, 3.05) is 11.1 Å². The lowest BCUT2D eigenvalue weighted by Gasteiger charge is -2.32. The van der Waals surface area contributed by atoms with Crippen molar-refractivity contribution in [3.05, 3.63) is 29.0 Å². The van der Waals surface area contributed by atoms with Crippen LogP contribution in [0.25, 0.3) is 0 Å². The van der Waals surface area contributed by atoms with Gasteiger partial charge in [0.05, 0.1) is 11.2 Å². The molecule has 1 saturated carbocycles. The highest BCUT2D eigenvalue weighted by Crippen LogP contribution is 2.41. The van der Waals surface area contributed by atoms with Crippen LogP contribution in [-0.4, -0.2) is 16.5 Å². The van der Waals surface area contributed by atoms with E-state index in [2.05, 4.69) is 12.2 Å². The van der Waals surface area contributed by atoms with Crippen molar-refractivity contribution in [1.29, 1.82) is 0 Å². The molecule has 1 aliphatic heterocycles. The Morgan fingerprint density at radius 1 is 1.40 bits per heavy atom. The van der Waals surface area contributed by atoms with Gasteiger partial charge in [-0.1, -0.05) is 30.3 Å². The standard InChI is InChI=1S/C15H18ClFN2S/c1-10-4-6-15(7-5-10)9-20-14(19-15)18-13-8-11(16)2-3-12(13)17/h2-3,8,10H,4-7,9H2,1H3,(H,18,19). The summed E-state index contributed by atoms with van der Waals surface area (Å²) < 4.78 is 13.7. The second kappa shape index (κ2) is 5.57. The molecule has 1 aromatic carbocycles.